The molecular formula is C13H11F2N3O. The van der Waals surface area contributed by atoms with Gasteiger partial charge in [0.1, 0.15) is 11.6 Å². The van der Waals surface area contributed by atoms with Crippen molar-refractivity contribution in [2.45, 2.75) is 0 Å². The maximum Gasteiger partial charge on any atom is 0.250 e. The topological polar surface area (TPSA) is 81.1 Å². The normalized spacial score (nSPS) is 10.2. The number of primary amides is 1. The van der Waals surface area contributed by atoms with E-state index in [9.17, 15) is 13.6 Å². The Balaban J connectivity index is 2.40. The number of nitrogens with two attached hydrogens (primary N) is 2. The summed E-state index contributed by atoms with van der Waals surface area (Å²) < 4.78 is 26.1. The van der Waals surface area contributed by atoms with Crippen LogP contribution in [0.2, 0.25) is 0 Å². The SMILES string of the molecule is NC(=O)c1cc(N)ccc1Nc1cc(F)cc(F)c1. The van der Waals surface area contributed by atoms with E-state index in [0.717, 1.165) is 18.2 Å². The van der Waals surface area contributed by atoms with Crippen molar-refractivity contribution in [3.8, 4) is 0 Å². The van der Waals surface area contributed by atoms with E-state index >= 15 is 0 Å². The number of amides is 1. The maximum atomic E-state index is 13.1. The molecule has 0 saturated heterocycles. The molecule has 0 aliphatic rings. The largest absolute Gasteiger partial charge is 0.399 e. The van der Waals surface area contributed by atoms with Crippen LogP contribution in [0, 0.1) is 11.6 Å². The fourth-order valence-corrected chi connectivity index (χ4v) is 1.66. The van der Waals surface area contributed by atoms with Gasteiger partial charge in [0.15, 0.2) is 0 Å². The highest BCUT2D eigenvalue weighted by Gasteiger charge is 2.10. The Labute approximate surface area is 108 Å². The van der Waals surface area contributed by atoms with Crippen LogP contribution in [0.25, 0.3) is 0 Å². The van der Waals surface area contributed by atoms with Crippen LogP contribution in [0.15, 0.2) is 36.4 Å². The van der Waals surface area contributed by atoms with Crippen molar-refractivity contribution >= 4 is 23.0 Å². The molecule has 0 bridgehead atoms. The van der Waals surface area contributed by atoms with Crippen LogP contribution in [0.4, 0.5) is 25.8 Å². The maximum absolute atomic E-state index is 13.1. The van der Waals surface area contributed by atoms with Gasteiger partial charge in [0.05, 0.1) is 11.3 Å². The molecule has 2 rings (SSSR count). The third-order valence-electron chi connectivity index (χ3n) is 2.45. The Hall–Kier alpha value is -2.63. The van der Waals surface area contributed by atoms with E-state index in [0.29, 0.717) is 11.4 Å². The Morgan fingerprint density at radius 1 is 1.05 bits per heavy atom. The zero-order valence-corrected chi connectivity index (χ0v) is 9.78. The van der Waals surface area contributed by atoms with Crippen LogP contribution in [0.3, 0.4) is 0 Å². The van der Waals surface area contributed by atoms with Gasteiger partial charge in [-0.2, -0.15) is 0 Å². The third kappa shape index (κ3) is 2.98. The summed E-state index contributed by atoms with van der Waals surface area (Å²) in [6.45, 7) is 0. The first kappa shape index (κ1) is 12.8. The Bertz CT molecular complexity index is 624. The van der Waals surface area contributed by atoms with Crippen LogP contribution in [0.1, 0.15) is 10.4 Å². The van der Waals surface area contributed by atoms with Crippen LogP contribution >= 0.6 is 0 Å². The fraction of sp³-hybridized carbons (Fsp3) is 0. The van der Waals surface area contributed by atoms with Gasteiger partial charge >= 0.3 is 0 Å². The van der Waals surface area contributed by atoms with Gasteiger partial charge in [-0.15, -0.1) is 0 Å². The number of carbonyl (C=O) groups is 1. The molecule has 0 fully saturated rings. The molecule has 0 heterocycles. The lowest BCUT2D eigenvalue weighted by Gasteiger charge is -2.11. The highest BCUT2D eigenvalue weighted by molar-refractivity contribution is 6.00. The van der Waals surface area contributed by atoms with Crippen molar-refractivity contribution in [1.82, 2.24) is 0 Å². The minimum absolute atomic E-state index is 0.143. The number of hydrogen-bond donors (Lipinski definition) is 3. The second-order valence-corrected chi connectivity index (χ2v) is 3.95. The third-order valence-corrected chi connectivity index (χ3v) is 2.45. The molecule has 0 saturated carbocycles. The molecule has 0 aliphatic heterocycles. The molecule has 2 aromatic rings. The summed E-state index contributed by atoms with van der Waals surface area (Å²) in [7, 11) is 0. The van der Waals surface area contributed by atoms with E-state index in [1.807, 2.05) is 0 Å². The molecule has 0 aromatic heterocycles. The monoisotopic (exact) mass is 263 g/mol. The number of carbonyl (C=O) groups excluding carboxylic acids is 1. The van der Waals surface area contributed by atoms with Gasteiger partial charge in [0, 0.05) is 17.4 Å². The van der Waals surface area contributed by atoms with Crippen molar-refractivity contribution in [2.24, 2.45) is 5.73 Å². The van der Waals surface area contributed by atoms with Crippen LogP contribution in [0.5, 0.6) is 0 Å². The van der Waals surface area contributed by atoms with E-state index in [1.165, 1.54) is 12.1 Å². The molecule has 5 N–H and O–H groups in total. The van der Waals surface area contributed by atoms with Gasteiger partial charge in [-0.05, 0) is 30.3 Å². The molecule has 4 nitrogen and oxygen atoms in total. The summed E-state index contributed by atoms with van der Waals surface area (Å²) >= 11 is 0. The quantitative estimate of drug-likeness (QED) is 0.744. The first-order valence-electron chi connectivity index (χ1n) is 5.38. The summed E-state index contributed by atoms with van der Waals surface area (Å²) in [6, 6.07) is 7.40. The van der Waals surface area contributed by atoms with E-state index in [2.05, 4.69) is 5.32 Å². The molecule has 19 heavy (non-hydrogen) atoms. The van der Waals surface area contributed by atoms with Crippen LogP contribution in [-0.4, -0.2) is 5.91 Å². The minimum Gasteiger partial charge on any atom is -0.399 e. The zero-order chi connectivity index (χ0) is 14.0. The first-order valence-corrected chi connectivity index (χ1v) is 5.38. The molecule has 0 spiro atoms. The highest BCUT2D eigenvalue weighted by Crippen LogP contribution is 2.24. The van der Waals surface area contributed by atoms with Crippen LogP contribution < -0.4 is 16.8 Å². The molecular weight excluding hydrogens is 252 g/mol. The Kier molecular flexibility index (Phi) is 3.33. The van der Waals surface area contributed by atoms with Crippen molar-refractivity contribution in [3.63, 3.8) is 0 Å². The summed E-state index contributed by atoms with van der Waals surface area (Å²) in [5.41, 5.74) is 11.8. The summed E-state index contributed by atoms with van der Waals surface area (Å²) in [5.74, 6) is -2.14. The lowest BCUT2D eigenvalue weighted by Crippen LogP contribution is -2.13. The molecule has 0 unspecified atom stereocenters. The molecule has 98 valence electrons. The Morgan fingerprint density at radius 3 is 2.26 bits per heavy atom. The predicted octanol–water partition coefficient (Wildman–Crippen LogP) is 2.39. The van der Waals surface area contributed by atoms with E-state index in [4.69, 9.17) is 11.5 Å². The van der Waals surface area contributed by atoms with E-state index < -0.39 is 17.5 Å². The van der Waals surface area contributed by atoms with Gasteiger partial charge < -0.3 is 16.8 Å². The van der Waals surface area contributed by atoms with Crippen molar-refractivity contribution in [2.75, 3.05) is 11.1 Å². The molecule has 1 amide bonds. The number of nitrogens with one attached hydrogen (secondary N) is 1. The minimum atomic E-state index is -0.724. The number of anilines is 3. The number of rotatable bonds is 3. The van der Waals surface area contributed by atoms with Crippen molar-refractivity contribution < 1.29 is 13.6 Å². The highest BCUT2D eigenvalue weighted by atomic mass is 19.1. The van der Waals surface area contributed by atoms with Gasteiger partial charge in [-0.3, -0.25) is 4.79 Å². The van der Waals surface area contributed by atoms with Crippen molar-refractivity contribution in [3.05, 3.63) is 53.6 Å². The molecule has 6 heteroatoms. The summed E-state index contributed by atoms with van der Waals surface area (Å²) in [5, 5.41) is 2.73. The summed E-state index contributed by atoms with van der Waals surface area (Å²) in [4.78, 5) is 11.3. The molecule has 0 radical (unpaired) electrons. The lowest BCUT2D eigenvalue weighted by molar-refractivity contribution is 0.100. The second-order valence-electron chi connectivity index (χ2n) is 3.95. The smallest absolute Gasteiger partial charge is 0.250 e. The molecule has 0 atom stereocenters. The predicted molar refractivity (Wildman–Crippen MR) is 69.0 cm³/mol. The average Bonchev–Trinajstić information content (AvgIpc) is 2.30. The van der Waals surface area contributed by atoms with Gasteiger partial charge in [-0.25, -0.2) is 8.78 Å². The van der Waals surface area contributed by atoms with Crippen molar-refractivity contribution in [1.29, 1.82) is 0 Å². The fourth-order valence-electron chi connectivity index (χ4n) is 1.66. The average molecular weight is 263 g/mol. The van der Waals surface area contributed by atoms with Gasteiger partial charge in [0.25, 0.3) is 5.91 Å². The first-order chi connectivity index (χ1) is 8.95. The van der Waals surface area contributed by atoms with E-state index in [1.54, 1.807) is 6.07 Å². The second kappa shape index (κ2) is 4.93. The Morgan fingerprint density at radius 2 is 1.68 bits per heavy atom. The van der Waals surface area contributed by atoms with Gasteiger partial charge in [0.2, 0.25) is 0 Å². The van der Waals surface area contributed by atoms with Gasteiger partial charge in [-0.1, -0.05) is 0 Å². The molecule has 2 aromatic carbocycles. The number of halogens is 2. The standard InChI is InChI=1S/C13H11F2N3O/c14-7-3-8(15)5-10(4-7)18-12-2-1-9(16)6-11(12)13(17)19/h1-6,18H,16H2,(H2,17,19). The lowest BCUT2D eigenvalue weighted by atomic mass is 10.1. The van der Waals surface area contributed by atoms with E-state index in [-0.39, 0.29) is 11.3 Å². The molecule has 0 aliphatic carbocycles. The number of benzene rings is 2. The number of nitrogen functional groups attached to an aromatic ring is 1. The number of hydrogen-bond acceptors (Lipinski definition) is 3. The summed E-state index contributed by atoms with van der Waals surface area (Å²) in [6.07, 6.45) is 0. The van der Waals surface area contributed by atoms with Crippen LogP contribution in [-0.2, 0) is 0 Å². The zero-order valence-electron chi connectivity index (χ0n) is 9.78.